The maximum absolute atomic E-state index is 10.1. The molecule has 0 atom stereocenters. The summed E-state index contributed by atoms with van der Waals surface area (Å²) >= 11 is 0. The fourth-order valence-corrected chi connectivity index (χ4v) is 0.222. The van der Waals surface area contributed by atoms with Crippen molar-refractivity contribution >= 4 is 11.8 Å². The SMILES string of the molecule is CC[N]C(=O)C(N)=O. The normalized spacial score (nSPS) is 8.12. The summed E-state index contributed by atoms with van der Waals surface area (Å²) in [5.41, 5.74) is 4.54. The van der Waals surface area contributed by atoms with Crippen LogP contribution < -0.4 is 11.1 Å². The lowest BCUT2D eigenvalue weighted by Crippen LogP contribution is -2.30. The molecule has 8 heavy (non-hydrogen) atoms. The Morgan fingerprint density at radius 1 is 1.62 bits per heavy atom. The molecule has 0 saturated carbocycles. The van der Waals surface area contributed by atoms with Crippen molar-refractivity contribution in [2.45, 2.75) is 6.92 Å². The first kappa shape index (κ1) is 6.94. The second-order valence-corrected chi connectivity index (χ2v) is 1.14. The van der Waals surface area contributed by atoms with E-state index >= 15 is 0 Å². The Balaban J connectivity index is 3.49. The molecule has 0 heterocycles. The zero-order valence-corrected chi connectivity index (χ0v) is 4.55. The molecule has 4 heteroatoms. The lowest BCUT2D eigenvalue weighted by Gasteiger charge is -1.88. The smallest absolute Gasteiger partial charge is 0.330 e. The lowest BCUT2D eigenvalue weighted by molar-refractivity contribution is -0.137. The Bertz CT molecular complexity index is 111. The molecule has 0 aromatic rings. The van der Waals surface area contributed by atoms with Crippen molar-refractivity contribution in [1.29, 1.82) is 0 Å². The van der Waals surface area contributed by atoms with Gasteiger partial charge >= 0.3 is 11.8 Å². The summed E-state index contributed by atoms with van der Waals surface area (Å²) in [7, 11) is 0. The number of primary amides is 1. The minimum Gasteiger partial charge on any atom is -0.361 e. The number of hydrogen-bond acceptors (Lipinski definition) is 2. The van der Waals surface area contributed by atoms with Gasteiger partial charge in [-0.05, 0) is 6.92 Å². The van der Waals surface area contributed by atoms with Crippen LogP contribution in [0.1, 0.15) is 6.92 Å². The highest BCUT2D eigenvalue weighted by Gasteiger charge is 2.06. The third kappa shape index (κ3) is 2.17. The highest BCUT2D eigenvalue weighted by atomic mass is 16.2. The van der Waals surface area contributed by atoms with E-state index in [1.807, 2.05) is 0 Å². The van der Waals surface area contributed by atoms with E-state index in [4.69, 9.17) is 0 Å². The minimum absolute atomic E-state index is 0.307. The summed E-state index contributed by atoms with van der Waals surface area (Å²) in [6.45, 7) is 1.96. The Labute approximate surface area is 47.0 Å². The van der Waals surface area contributed by atoms with E-state index in [1.165, 1.54) is 0 Å². The number of carbonyl (C=O) groups excluding carboxylic acids is 2. The molecule has 0 unspecified atom stereocenters. The number of nitrogens with zero attached hydrogens (tertiary/aromatic N) is 1. The summed E-state index contributed by atoms with van der Waals surface area (Å²) in [5, 5.41) is 3.21. The van der Waals surface area contributed by atoms with Gasteiger partial charge in [0.1, 0.15) is 0 Å². The summed E-state index contributed by atoms with van der Waals surface area (Å²) in [6.07, 6.45) is 0. The molecule has 0 aromatic heterocycles. The van der Waals surface area contributed by atoms with Crippen LogP contribution in [0.2, 0.25) is 0 Å². The molecule has 0 bridgehead atoms. The molecule has 0 aliphatic rings. The van der Waals surface area contributed by atoms with Gasteiger partial charge in [-0.15, -0.1) is 0 Å². The number of hydrogen-bond donors (Lipinski definition) is 1. The summed E-state index contributed by atoms with van der Waals surface area (Å²) < 4.78 is 0. The van der Waals surface area contributed by atoms with Gasteiger partial charge in [0.2, 0.25) is 0 Å². The van der Waals surface area contributed by atoms with Gasteiger partial charge in [0, 0.05) is 6.54 Å². The topological polar surface area (TPSA) is 74.3 Å². The quantitative estimate of drug-likeness (QED) is 0.428. The predicted octanol–water partition coefficient (Wildman–Crippen LogP) is -1.38. The van der Waals surface area contributed by atoms with Gasteiger partial charge in [0.25, 0.3) is 0 Å². The van der Waals surface area contributed by atoms with E-state index in [0.29, 0.717) is 6.54 Å². The average Bonchev–Trinajstić information content (AvgIpc) is 1.67. The summed E-state index contributed by atoms with van der Waals surface area (Å²) in [4.78, 5) is 20.0. The van der Waals surface area contributed by atoms with Gasteiger partial charge in [-0.3, -0.25) is 9.59 Å². The van der Waals surface area contributed by atoms with Gasteiger partial charge in [-0.25, -0.2) is 5.32 Å². The van der Waals surface area contributed by atoms with Crippen molar-refractivity contribution in [2.24, 2.45) is 5.73 Å². The second-order valence-electron chi connectivity index (χ2n) is 1.14. The number of amides is 2. The third-order valence-electron chi connectivity index (χ3n) is 0.513. The van der Waals surface area contributed by atoms with E-state index < -0.39 is 11.8 Å². The molecule has 0 rings (SSSR count). The third-order valence-corrected chi connectivity index (χ3v) is 0.513. The van der Waals surface area contributed by atoms with Crippen LogP contribution in [0.4, 0.5) is 0 Å². The van der Waals surface area contributed by atoms with Gasteiger partial charge in [-0.2, -0.15) is 0 Å². The van der Waals surface area contributed by atoms with E-state index in [1.54, 1.807) is 6.92 Å². The van der Waals surface area contributed by atoms with Crippen LogP contribution in [0.15, 0.2) is 0 Å². The van der Waals surface area contributed by atoms with Crippen LogP contribution in [0, 0.1) is 0 Å². The molecule has 4 nitrogen and oxygen atoms in total. The first-order valence-corrected chi connectivity index (χ1v) is 2.19. The highest BCUT2D eigenvalue weighted by molar-refractivity contribution is 6.34. The van der Waals surface area contributed by atoms with Crippen LogP contribution >= 0.6 is 0 Å². The first-order valence-electron chi connectivity index (χ1n) is 2.19. The molecule has 0 saturated heterocycles. The van der Waals surface area contributed by atoms with Crippen molar-refractivity contribution in [3.8, 4) is 0 Å². The van der Waals surface area contributed by atoms with Crippen LogP contribution in [-0.4, -0.2) is 18.4 Å². The molecule has 0 spiro atoms. The molecule has 0 aliphatic carbocycles. The maximum Gasteiger partial charge on any atom is 0.330 e. The van der Waals surface area contributed by atoms with Gasteiger partial charge in [0.15, 0.2) is 0 Å². The molecule has 45 valence electrons. The number of nitrogens with two attached hydrogens (primary N) is 1. The molecule has 0 aliphatic heterocycles. The van der Waals surface area contributed by atoms with Crippen molar-refractivity contribution in [3.05, 3.63) is 0 Å². The second kappa shape index (κ2) is 3.01. The summed E-state index contributed by atoms with van der Waals surface area (Å²) in [5.74, 6) is -1.85. The predicted molar refractivity (Wildman–Crippen MR) is 26.9 cm³/mol. The standard InChI is InChI=1S/C4H7N2O2/c1-2-6-4(8)3(5)7/h2H2,1H3,(H2,5,7). The highest BCUT2D eigenvalue weighted by Crippen LogP contribution is 1.63. The summed E-state index contributed by atoms with van der Waals surface area (Å²) in [6, 6.07) is 0. The molecule has 2 amide bonds. The Hall–Kier alpha value is -1.06. The van der Waals surface area contributed by atoms with Crippen molar-refractivity contribution in [3.63, 3.8) is 0 Å². The van der Waals surface area contributed by atoms with Crippen LogP contribution in [0.25, 0.3) is 0 Å². The van der Waals surface area contributed by atoms with Crippen LogP contribution in [0.5, 0.6) is 0 Å². The van der Waals surface area contributed by atoms with E-state index in [-0.39, 0.29) is 0 Å². The zero-order valence-electron chi connectivity index (χ0n) is 4.55. The van der Waals surface area contributed by atoms with E-state index in [9.17, 15) is 9.59 Å². The maximum atomic E-state index is 10.1. The number of likely N-dealkylation sites (N-methyl/N-ethyl adjacent to an activating group) is 1. The van der Waals surface area contributed by atoms with E-state index in [0.717, 1.165) is 0 Å². The number of carbonyl (C=O) groups is 2. The Morgan fingerprint density at radius 2 is 2.12 bits per heavy atom. The van der Waals surface area contributed by atoms with Crippen molar-refractivity contribution < 1.29 is 9.59 Å². The van der Waals surface area contributed by atoms with Crippen LogP contribution in [0.3, 0.4) is 0 Å². The molecule has 1 radical (unpaired) electrons. The lowest BCUT2D eigenvalue weighted by atomic mass is 10.5. The fourth-order valence-electron chi connectivity index (χ4n) is 0.222. The monoisotopic (exact) mass is 115 g/mol. The minimum atomic E-state index is -0.994. The van der Waals surface area contributed by atoms with Crippen molar-refractivity contribution in [1.82, 2.24) is 5.32 Å². The van der Waals surface area contributed by atoms with Crippen LogP contribution in [-0.2, 0) is 9.59 Å². The zero-order chi connectivity index (χ0) is 6.57. The molecule has 0 fully saturated rings. The van der Waals surface area contributed by atoms with E-state index in [2.05, 4.69) is 11.1 Å². The van der Waals surface area contributed by atoms with Crippen molar-refractivity contribution in [2.75, 3.05) is 6.54 Å². The molecule has 0 aromatic carbocycles. The van der Waals surface area contributed by atoms with Gasteiger partial charge in [0.05, 0.1) is 0 Å². The molecular formula is C4H7N2O2. The Kier molecular flexibility index (Phi) is 2.61. The first-order chi connectivity index (χ1) is 3.68. The van der Waals surface area contributed by atoms with Gasteiger partial charge in [-0.1, -0.05) is 0 Å². The molecule has 2 N–H and O–H groups in total. The molecular weight excluding hydrogens is 108 g/mol. The Morgan fingerprint density at radius 3 is 2.25 bits per heavy atom. The average molecular weight is 115 g/mol. The largest absolute Gasteiger partial charge is 0.361 e. The van der Waals surface area contributed by atoms with Gasteiger partial charge < -0.3 is 5.73 Å². The fraction of sp³-hybridized carbons (Fsp3) is 0.500. The number of rotatable bonds is 1.